The molecule has 1 fully saturated rings. The summed E-state index contributed by atoms with van der Waals surface area (Å²) in [4.78, 5) is 13.8. The van der Waals surface area contributed by atoms with Gasteiger partial charge in [-0.1, -0.05) is 32.0 Å². The quantitative estimate of drug-likeness (QED) is 0.402. The third-order valence-corrected chi connectivity index (χ3v) is 4.51. The van der Waals surface area contributed by atoms with Crippen molar-refractivity contribution in [2.45, 2.75) is 20.4 Å². The molecule has 2 heterocycles. The van der Waals surface area contributed by atoms with E-state index in [4.69, 9.17) is 4.42 Å². The summed E-state index contributed by atoms with van der Waals surface area (Å²) in [6.07, 6.45) is 1.71. The lowest BCUT2D eigenvalue weighted by atomic mass is 10.2. The van der Waals surface area contributed by atoms with Crippen molar-refractivity contribution in [2.75, 3.05) is 39.8 Å². The summed E-state index contributed by atoms with van der Waals surface area (Å²) >= 11 is 0. The summed E-state index contributed by atoms with van der Waals surface area (Å²) in [5.41, 5.74) is 1.87. The van der Waals surface area contributed by atoms with Gasteiger partial charge in [0.1, 0.15) is 6.26 Å². The molecule has 3 rings (SSSR count). The monoisotopic (exact) mass is 483 g/mol. The van der Waals surface area contributed by atoms with Crippen LogP contribution in [0.25, 0.3) is 11.5 Å². The molecule has 0 bridgehead atoms. The predicted octanol–water partition coefficient (Wildman–Crippen LogP) is 3.31. The molecule has 1 aromatic heterocycles. The smallest absolute Gasteiger partial charge is 0.226 e. The highest BCUT2D eigenvalue weighted by Gasteiger charge is 2.20. The second kappa shape index (κ2) is 10.7. The zero-order valence-corrected chi connectivity index (χ0v) is 18.7. The molecule has 0 atom stereocenters. The van der Waals surface area contributed by atoms with Crippen LogP contribution >= 0.6 is 24.0 Å². The molecule has 1 aliphatic heterocycles. The Bertz CT molecular complexity index is 708. The van der Waals surface area contributed by atoms with E-state index in [2.05, 4.69) is 38.9 Å². The molecule has 1 aliphatic rings. The minimum atomic E-state index is 0. The van der Waals surface area contributed by atoms with Gasteiger partial charge in [0.05, 0.1) is 12.2 Å². The minimum Gasteiger partial charge on any atom is -0.444 e. The zero-order valence-electron chi connectivity index (χ0n) is 16.4. The third kappa shape index (κ3) is 6.21. The molecule has 1 saturated heterocycles. The Morgan fingerprint density at radius 2 is 1.89 bits per heavy atom. The standard InChI is InChI=1S/C20H29N5O.HI/c1-16(2)14-24-9-11-25(12-10-24)20(21-3)22-13-18-15-26-19(23-18)17-7-5-4-6-8-17;/h4-8,15-16H,9-14H2,1-3H3,(H,21,22);1H. The van der Waals surface area contributed by atoms with E-state index in [0.29, 0.717) is 18.4 Å². The van der Waals surface area contributed by atoms with Gasteiger partial charge in [-0.05, 0) is 18.1 Å². The van der Waals surface area contributed by atoms with E-state index in [-0.39, 0.29) is 24.0 Å². The van der Waals surface area contributed by atoms with Crippen molar-refractivity contribution in [3.8, 4) is 11.5 Å². The lowest BCUT2D eigenvalue weighted by molar-refractivity contribution is 0.164. The van der Waals surface area contributed by atoms with E-state index in [1.165, 1.54) is 6.54 Å². The summed E-state index contributed by atoms with van der Waals surface area (Å²) in [6, 6.07) is 9.95. The van der Waals surface area contributed by atoms with Crippen LogP contribution in [0.1, 0.15) is 19.5 Å². The lowest BCUT2D eigenvalue weighted by Gasteiger charge is -2.37. The minimum absolute atomic E-state index is 0. The van der Waals surface area contributed by atoms with Gasteiger partial charge in [0.2, 0.25) is 5.89 Å². The Labute approximate surface area is 179 Å². The number of hydrogen-bond acceptors (Lipinski definition) is 4. The van der Waals surface area contributed by atoms with E-state index in [1.807, 2.05) is 37.4 Å². The van der Waals surface area contributed by atoms with Crippen LogP contribution in [0.2, 0.25) is 0 Å². The fraction of sp³-hybridized carbons (Fsp3) is 0.500. The van der Waals surface area contributed by atoms with Gasteiger partial charge >= 0.3 is 0 Å². The molecule has 6 nitrogen and oxygen atoms in total. The molecule has 0 radical (unpaired) electrons. The van der Waals surface area contributed by atoms with Crippen molar-refractivity contribution in [1.82, 2.24) is 20.1 Å². The fourth-order valence-electron chi connectivity index (χ4n) is 3.26. The van der Waals surface area contributed by atoms with Crippen LogP contribution in [0.5, 0.6) is 0 Å². The number of rotatable bonds is 5. The molecule has 1 N–H and O–H groups in total. The van der Waals surface area contributed by atoms with E-state index in [1.54, 1.807) is 6.26 Å². The molecule has 0 amide bonds. The number of oxazole rings is 1. The number of benzene rings is 1. The average molecular weight is 483 g/mol. The number of hydrogen-bond donors (Lipinski definition) is 1. The molecule has 0 unspecified atom stereocenters. The maximum Gasteiger partial charge on any atom is 0.226 e. The Kier molecular flexibility index (Phi) is 8.56. The van der Waals surface area contributed by atoms with E-state index >= 15 is 0 Å². The summed E-state index contributed by atoms with van der Waals surface area (Å²) in [5.74, 6) is 2.29. The third-order valence-electron chi connectivity index (χ3n) is 4.51. The van der Waals surface area contributed by atoms with Crippen molar-refractivity contribution >= 4 is 29.9 Å². The molecular weight excluding hydrogens is 453 g/mol. The Balaban J connectivity index is 0.00000261. The molecule has 0 aliphatic carbocycles. The van der Waals surface area contributed by atoms with Crippen molar-refractivity contribution < 1.29 is 4.42 Å². The molecule has 27 heavy (non-hydrogen) atoms. The van der Waals surface area contributed by atoms with Crippen LogP contribution in [-0.2, 0) is 6.54 Å². The van der Waals surface area contributed by atoms with Gasteiger partial charge in [-0.2, -0.15) is 0 Å². The molecule has 7 heteroatoms. The van der Waals surface area contributed by atoms with Crippen LogP contribution in [0.4, 0.5) is 0 Å². The summed E-state index contributed by atoms with van der Waals surface area (Å²) in [5, 5.41) is 3.41. The van der Waals surface area contributed by atoms with Crippen LogP contribution in [0.3, 0.4) is 0 Å². The lowest BCUT2D eigenvalue weighted by Crippen LogP contribution is -2.52. The Morgan fingerprint density at radius 1 is 1.19 bits per heavy atom. The van der Waals surface area contributed by atoms with Crippen LogP contribution in [0.15, 0.2) is 46.0 Å². The van der Waals surface area contributed by atoms with Crippen LogP contribution in [0, 0.1) is 5.92 Å². The highest BCUT2D eigenvalue weighted by molar-refractivity contribution is 14.0. The number of aromatic nitrogens is 1. The van der Waals surface area contributed by atoms with Gasteiger partial charge < -0.3 is 14.6 Å². The van der Waals surface area contributed by atoms with Crippen molar-refractivity contribution in [1.29, 1.82) is 0 Å². The summed E-state index contributed by atoms with van der Waals surface area (Å²) in [7, 11) is 1.83. The molecule has 0 saturated carbocycles. The number of aliphatic imine (C=N–C) groups is 1. The van der Waals surface area contributed by atoms with Crippen LogP contribution in [-0.4, -0.2) is 60.5 Å². The van der Waals surface area contributed by atoms with Gasteiger partial charge in [-0.15, -0.1) is 24.0 Å². The van der Waals surface area contributed by atoms with Crippen molar-refractivity contribution in [3.05, 3.63) is 42.3 Å². The van der Waals surface area contributed by atoms with Crippen LogP contribution < -0.4 is 5.32 Å². The second-order valence-corrected chi connectivity index (χ2v) is 7.09. The Morgan fingerprint density at radius 3 is 2.52 bits per heavy atom. The van der Waals surface area contributed by atoms with Gasteiger partial charge in [-0.25, -0.2) is 4.98 Å². The number of nitrogens with one attached hydrogen (secondary N) is 1. The second-order valence-electron chi connectivity index (χ2n) is 7.09. The van der Waals surface area contributed by atoms with E-state index in [0.717, 1.165) is 43.4 Å². The van der Waals surface area contributed by atoms with Gasteiger partial charge in [0.25, 0.3) is 0 Å². The molecular formula is C20H30IN5O. The normalized spacial score (nSPS) is 15.7. The highest BCUT2D eigenvalue weighted by Crippen LogP contribution is 2.17. The number of piperazine rings is 1. The summed E-state index contributed by atoms with van der Waals surface area (Å²) in [6.45, 7) is 10.5. The first-order valence-electron chi connectivity index (χ1n) is 9.33. The first-order chi connectivity index (χ1) is 12.7. The van der Waals surface area contributed by atoms with Gasteiger partial charge in [-0.3, -0.25) is 9.89 Å². The first kappa shape index (κ1) is 21.7. The maximum atomic E-state index is 5.60. The Hall–Kier alpha value is -1.61. The predicted molar refractivity (Wildman–Crippen MR) is 120 cm³/mol. The highest BCUT2D eigenvalue weighted by atomic mass is 127. The zero-order chi connectivity index (χ0) is 18.4. The number of nitrogens with zero attached hydrogens (tertiary/aromatic N) is 4. The van der Waals surface area contributed by atoms with Gasteiger partial charge in [0.15, 0.2) is 5.96 Å². The van der Waals surface area contributed by atoms with Gasteiger partial charge in [0, 0.05) is 45.3 Å². The molecule has 0 spiro atoms. The van der Waals surface area contributed by atoms with Crippen molar-refractivity contribution in [3.63, 3.8) is 0 Å². The topological polar surface area (TPSA) is 56.9 Å². The number of halogens is 1. The SMILES string of the molecule is CN=C(NCc1coc(-c2ccccc2)n1)N1CCN(CC(C)C)CC1.I. The van der Waals surface area contributed by atoms with E-state index < -0.39 is 0 Å². The molecule has 2 aromatic rings. The van der Waals surface area contributed by atoms with Crippen molar-refractivity contribution in [2.24, 2.45) is 10.9 Å². The largest absolute Gasteiger partial charge is 0.444 e. The average Bonchev–Trinajstić information content (AvgIpc) is 3.13. The maximum absolute atomic E-state index is 5.60. The van der Waals surface area contributed by atoms with E-state index in [9.17, 15) is 0 Å². The first-order valence-corrected chi connectivity index (χ1v) is 9.33. The number of guanidine groups is 1. The molecule has 148 valence electrons. The fourth-order valence-corrected chi connectivity index (χ4v) is 3.26. The summed E-state index contributed by atoms with van der Waals surface area (Å²) < 4.78 is 5.60. The molecule has 1 aromatic carbocycles.